The number of benzene rings is 1. The summed E-state index contributed by atoms with van der Waals surface area (Å²) < 4.78 is 1.89. The molecule has 0 amide bonds. The molecule has 0 bridgehead atoms. The summed E-state index contributed by atoms with van der Waals surface area (Å²) in [7, 11) is 1.95. The number of pyridine rings is 1. The van der Waals surface area contributed by atoms with Crippen LogP contribution < -0.4 is 0 Å². The lowest BCUT2D eigenvalue weighted by Gasteiger charge is -1.94. The maximum atomic E-state index is 4.51. The van der Waals surface area contributed by atoms with Crippen LogP contribution in [-0.2, 0) is 7.05 Å². The van der Waals surface area contributed by atoms with Gasteiger partial charge in [0.05, 0.1) is 11.2 Å². The highest BCUT2D eigenvalue weighted by atomic mass is 15.3. The Labute approximate surface area is 93.4 Å². The van der Waals surface area contributed by atoms with Crippen molar-refractivity contribution in [3.8, 4) is 11.4 Å². The highest BCUT2D eigenvalue weighted by Gasteiger charge is 2.09. The van der Waals surface area contributed by atoms with E-state index >= 15 is 0 Å². The highest BCUT2D eigenvalue weighted by Crippen LogP contribution is 2.25. The summed E-state index contributed by atoms with van der Waals surface area (Å²) in [6, 6.07) is 14.1. The Kier molecular flexibility index (Phi) is 1.96. The minimum atomic E-state index is 0.916. The number of rotatable bonds is 1. The zero-order valence-electron chi connectivity index (χ0n) is 8.96. The third kappa shape index (κ3) is 1.29. The van der Waals surface area contributed by atoms with Crippen molar-refractivity contribution in [3.63, 3.8) is 0 Å². The van der Waals surface area contributed by atoms with Crippen LogP contribution in [0.5, 0.6) is 0 Å². The van der Waals surface area contributed by atoms with Gasteiger partial charge in [-0.3, -0.25) is 9.67 Å². The summed E-state index contributed by atoms with van der Waals surface area (Å²) in [5.41, 5.74) is 2.99. The van der Waals surface area contributed by atoms with Gasteiger partial charge in [-0.05, 0) is 18.2 Å². The van der Waals surface area contributed by atoms with Crippen LogP contribution in [0.1, 0.15) is 0 Å². The topological polar surface area (TPSA) is 30.7 Å². The monoisotopic (exact) mass is 209 g/mol. The van der Waals surface area contributed by atoms with Gasteiger partial charge >= 0.3 is 0 Å². The normalized spacial score (nSPS) is 10.8. The quantitative estimate of drug-likeness (QED) is 0.616. The summed E-state index contributed by atoms with van der Waals surface area (Å²) in [6.45, 7) is 0. The molecule has 0 saturated carbocycles. The van der Waals surface area contributed by atoms with Gasteiger partial charge in [0, 0.05) is 18.6 Å². The van der Waals surface area contributed by atoms with E-state index in [0.29, 0.717) is 0 Å². The molecule has 0 saturated heterocycles. The number of aryl methyl sites for hydroxylation is 1. The van der Waals surface area contributed by atoms with E-state index in [-0.39, 0.29) is 0 Å². The molecule has 0 spiro atoms. The summed E-state index contributed by atoms with van der Waals surface area (Å²) >= 11 is 0. The Balaban J connectivity index is 2.33. The summed E-state index contributed by atoms with van der Waals surface area (Å²) in [6.07, 6.45) is 1.79. The largest absolute Gasteiger partial charge is 0.267 e. The van der Waals surface area contributed by atoms with E-state index in [2.05, 4.69) is 22.2 Å². The van der Waals surface area contributed by atoms with E-state index in [1.54, 1.807) is 6.20 Å². The number of para-hydroxylation sites is 1. The molecule has 0 radical (unpaired) electrons. The molecular formula is C13H11N3. The number of fused-ring (bicyclic) bond motifs is 1. The second-order valence-electron chi connectivity index (χ2n) is 3.70. The van der Waals surface area contributed by atoms with E-state index in [9.17, 15) is 0 Å². The van der Waals surface area contributed by atoms with Gasteiger partial charge in [-0.1, -0.05) is 24.3 Å². The van der Waals surface area contributed by atoms with E-state index in [0.717, 1.165) is 22.3 Å². The molecule has 0 aliphatic heterocycles. The molecule has 78 valence electrons. The molecule has 0 aliphatic carbocycles. The van der Waals surface area contributed by atoms with Gasteiger partial charge in [0.15, 0.2) is 0 Å². The fourth-order valence-corrected chi connectivity index (χ4v) is 1.91. The molecule has 0 unspecified atom stereocenters. The first kappa shape index (κ1) is 9.09. The summed E-state index contributed by atoms with van der Waals surface area (Å²) in [4.78, 5) is 4.34. The van der Waals surface area contributed by atoms with Crippen LogP contribution in [0.25, 0.3) is 22.3 Å². The van der Waals surface area contributed by atoms with Gasteiger partial charge in [0.2, 0.25) is 0 Å². The Bertz CT molecular complexity index is 626. The van der Waals surface area contributed by atoms with E-state index < -0.39 is 0 Å². The Hall–Kier alpha value is -2.16. The number of hydrogen-bond donors (Lipinski definition) is 0. The first-order valence-electron chi connectivity index (χ1n) is 5.19. The third-order valence-electron chi connectivity index (χ3n) is 2.67. The van der Waals surface area contributed by atoms with Crippen LogP contribution in [0.15, 0.2) is 48.7 Å². The Morgan fingerprint density at radius 1 is 1.00 bits per heavy atom. The molecule has 3 heteroatoms. The van der Waals surface area contributed by atoms with Crippen molar-refractivity contribution in [2.45, 2.75) is 0 Å². The van der Waals surface area contributed by atoms with E-state index in [4.69, 9.17) is 0 Å². The van der Waals surface area contributed by atoms with Crippen molar-refractivity contribution in [3.05, 3.63) is 48.7 Å². The predicted molar refractivity (Wildman–Crippen MR) is 63.9 cm³/mol. The Morgan fingerprint density at radius 3 is 2.62 bits per heavy atom. The molecule has 2 heterocycles. The predicted octanol–water partition coefficient (Wildman–Crippen LogP) is 2.64. The lowest BCUT2D eigenvalue weighted by atomic mass is 10.1. The summed E-state index contributed by atoms with van der Waals surface area (Å²) in [5.74, 6) is 0. The van der Waals surface area contributed by atoms with Crippen LogP contribution in [-0.4, -0.2) is 14.8 Å². The van der Waals surface area contributed by atoms with Crippen LogP contribution in [0, 0.1) is 0 Å². The second kappa shape index (κ2) is 3.45. The smallest absolute Gasteiger partial charge is 0.119 e. The Morgan fingerprint density at radius 2 is 1.81 bits per heavy atom. The lowest BCUT2D eigenvalue weighted by Crippen LogP contribution is -1.90. The summed E-state index contributed by atoms with van der Waals surface area (Å²) in [5, 5.41) is 5.66. The number of nitrogens with zero attached hydrogens (tertiary/aromatic N) is 3. The minimum absolute atomic E-state index is 0.916. The second-order valence-corrected chi connectivity index (χ2v) is 3.70. The van der Waals surface area contributed by atoms with Crippen LogP contribution >= 0.6 is 0 Å². The maximum absolute atomic E-state index is 4.51. The molecule has 3 rings (SSSR count). The van der Waals surface area contributed by atoms with Gasteiger partial charge in [-0.25, -0.2) is 0 Å². The fraction of sp³-hybridized carbons (Fsp3) is 0.0769. The standard InChI is InChI=1S/C13H11N3/c1-16-12-8-3-2-6-10(12)13(15-16)11-7-4-5-9-14-11/h2-9H,1H3. The number of aromatic nitrogens is 3. The van der Waals surface area contributed by atoms with Gasteiger partial charge in [-0.2, -0.15) is 5.10 Å². The zero-order chi connectivity index (χ0) is 11.0. The van der Waals surface area contributed by atoms with Gasteiger partial charge in [0.25, 0.3) is 0 Å². The van der Waals surface area contributed by atoms with Crippen molar-refractivity contribution < 1.29 is 0 Å². The van der Waals surface area contributed by atoms with Gasteiger partial charge in [0.1, 0.15) is 5.69 Å². The van der Waals surface area contributed by atoms with Crippen LogP contribution in [0.3, 0.4) is 0 Å². The average Bonchev–Trinajstić information content (AvgIpc) is 2.69. The SMILES string of the molecule is Cn1nc(-c2ccccn2)c2ccccc21. The lowest BCUT2D eigenvalue weighted by molar-refractivity contribution is 0.799. The average molecular weight is 209 g/mol. The zero-order valence-corrected chi connectivity index (χ0v) is 8.96. The molecule has 16 heavy (non-hydrogen) atoms. The molecule has 0 N–H and O–H groups in total. The molecule has 0 fully saturated rings. The van der Waals surface area contributed by atoms with E-state index in [1.165, 1.54) is 0 Å². The van der Waals surface area contributed by atoms with Crippen LogP contribution in [0.4, 0.5) is 0 Å². The van der Waals surface area contributed by atoms with Crippen molar-refractivity contribution in [1.82, 2.24) is 14.8 Å². The molecule has 1 aromatic carbocycles. The fourth-order valence-electron chi connectivity index (χ4n) is 1.91. The molecule has 0 atom stereocenters. The minimum Gasteiger partial charge on any atom is -0.267 e. The molecule has 3 aromatic rings. The van der Waals surface area contributed by atoms with Gasteiger partial charge < -0.3 is 0 Å². The molecule has 2 aromatic heterocycles. The number of hydrogen-bond acceptors (Lipinski definition) is 2. The first-order chi connectivity index (χ1) is 7.86. The van der Waals surface area contributed by atoms with Crippen molar-refractivity contribution in [1.29, 1.82) is 0 Å². The highest BCUT2D eigenvalue weighted by molar-refractivity contribution is 5.92. The molecule has 3 nitrogen and oxygen atoms in total. The third-order valence-corrected chi connectivity index (χ3v) is 2.67. The van der Waals surface area contributed by atoms with Crippen LogP contribution in [0.2, 0.25) is 0 Å². The van der Waals surface area contributed by atoms with E-state index in [1.807, 2.05) is 42.1 Å². The van der Waals surface area contributed by atoms with Crippen molar-refractivity contribution >= 4 is 10.9 Å². The van der Waals surface area contributed by atoms with Crippen molar-refractivity contribution in [2.75, 3.05) is 0 Å². The van der Waals surface area contributed by atoms with Gasteiger partial charge in [-0.15, -0.1) is 0 Å². The maximum Gasteiger partial charge on any atom is 0.119 e. The first-order valence-corrected chi connectivity index (χ1v) is 5.19. The molecule has 0 aliphatic rings. The molecular weight excluding hydrogens is 198 g/mol. The van der Waals surface area contributed by atoms with Crippen molar-refractivity contribution in [2.24, 2.45) is 7.05 Å².